The van der Waals surface area contributed by atoms with Crippen LogP contribution in [-0.2, 0) is 16.0 Å². The van der Waals surface area contributed by atoms with E-state index in [9.17, 15) is 9.59 Å². The summed E-state index contributed by atoms with van der Waals surface area (Å²) in [6.45, 7) is 0. The molecule has 1 aromatic rings. The minimum atomic E-state index is -0.291. The number of rotatable bonds is 3. The van der Waals surface area contributed by atoms with Crippen molar-refractivity contribution in [2.75, 3.05) is 5.75 Å². The molecule has 2 amide bonds. The van der Waals surface area contributed by atoms with Crippen LogP contribution in [0, 0.1) is 5.92 Å². The predicted octanol–water partition coefficient (Wildman–Crippen LogP) is 1.85. The highest BCUT2D eigenvalue weighted by molar-refractivity contribution is 8.00. The molecule has 3 atom stereocenters. The van der Waals surface area contributed by atoms with Crippen molar-refractivity contribution in [3.05, 3.63) is 21.9 Å². The Kier molecular flexibility index (Phi) is 4.03. The van der Waals surface area contributed by atoms with Gasteiger partial charge in [0, 0.05) is 10.9 Å². The lowest BCUT2D eigenvalue weighted by Crippen LogP contribution is -2.44. The van der Waals surface area contributed by atoms with Gasteiger partial charge in [0.2, 0.25) is 11.8 Å². The van der Waals surface area contributed by atoms with Crippen LogP contribution in [0.4, 0.5) is 0 Å². The molecule has 0 saturated heterocycles. The quantitative estimate of drug-likeness (QED) is 0.895. The van der Waals surface area contributed by atoms with Crippen molar-refractivity contribution in [2.24, 2.45) is 11.7 Å². The molecule has 0 spiro atoms. The fourth-order valence-electron chi connectivity index (χ4n) is 3.10. The highest BCUT2D eigenvalue weighted by Gasteiger charge is 2.35. The largest absolute Gasteiger partial charge is 0.369 e. The first-order chi connectivity index (χ1) is 9.66. The highest BCUT2D eigenvalue weighted by Crippen LogP contribution is 2.39. The molecule has 0 bridgehead atoms. The molecular formula is C14H18N2O2S2. The number of primary amides is 1. The van der Waals surface area contributed by atoms with E-state index in [1.54, 1.807) is 23.1 Å². The minimum Gasteiger partial charge on any atom is -0.369 e. The molecule has 0 aromatic carbocycles. The Morgan fingerprint density at radius 2 is 2.20 bits per heavy atom. The molecule has 2 aliphatic rings. The lowest BCUT2D eigenvalue weighted by atomic mass is 10.0. The second kappa shape index (κ2) is 5.77. The van der Waals surface area contributed by atoms with Gasteiger partial charge in [-0.15, -0.1) is 23.1 Å². The summed E-state index contributed by atoms with van der Waals surface area (Å²) >= 11 is 3.42. The third-order valence-corrected chi connectivity index (χ3v) is 6.36. The normalized spacial score (nSPS) is 28.9. The van der Waals surface area contributed by atoms with Crippen LogP contribution in [0.15, 0.2) is 11.4 Å². The predicted molar refractivity (Wildman–Crippen MR) is 81.7 cm³/mol. The second-order valence-electron chi connectivity index (χ2n) is 5.35. The first-order valence-corrected chi connectivity index (χ1v) is 8.87. The molecule has 1 aliphatic heterocycles. The molecule has 1 aromatic heterocycles. The summed E-state index contributed by atoms with van der Waals surface area (Å²) in [4.78, 5) is 25.2. The number of hydrogen-bond acceptors (Lipinski definition) is 4. The lowest BCUT2D eigenvalue weighted by molar-refractivity contribution is -0.124. The van der Waals surface area contributed by atoms with Crippen LogP contribution in [0.1, 0.15) is 35.0 Å². The molecule has 4 nitrogen and oxygen atoms in total. The van der Waals surface area contributed by atoms with E-state index >= 15 is 0 Å². The van der Waals surface area contributed by atoms with Gasteiger partial charge in [0.25, 0.3) is 0 Å². The van der Waals surface area contributed by atoms with Crippen molar-refractivity contribution in [1.82, 2.24) is 5.32 Å². The summed E-state index contributed by atoms with van der Waals surface area (Å²) in [5.41, 5.74) is 6.56. The lowest BCUT2D eigenvalue weighted by Gasteiger charge is -2.25. The number of fused-ring (bicyclic) bond motifs is 1. The van der Waals surface area contributed by atoms with Gasteiger partial charge in [0.05, 0.1) is 5.92 Å². The van der Waals surface area contributed by atoms with Gasteiger partial charge >= 0.3 is 0 Å². The molecule has 3 N–H and O–H groups in total. The fourth-order valence-corrected chi connectivity index (χ4v) is 5.40. The zero-order valence-electron chi connectivity index (χ0n) is 11.1. The maximum atomic E-state index is 12.5. The van der Waals surface area contributed by atoms with Gasteiger partial charge < -0.3 is 11.1 Å². The standard InChI is InChI=1S/C14H18N2O2S2/c15-13(17)8-2-1-3-10(8)16-14(18)12-9-4-6-19-11(9)5-7-20-12/h4,6,8,10,12H,1-3,5,7H2,(H2,15,17)(H,16,18). The summed E-state index contributed by atoms with van der Waals surface area (Å²) in [5.74, 6) is 0.525. The van der Waals surface area contributed by atoms with Gasteiger partial charge in [0.15, 0.2) is 0 Å². The van der Waals surface area contributed by atoms with Crippen LogP contribution < -0.4 is 11.1 Å². The third kappa shape index (κ3) is 2.59. The molecule has 3 rings (SSSR count). The average molecular weight is 310 g/mol. The van der Waals surface area contributed by atoms with Crippen LogP contribution in [0.25, 0.3) is 0 Å². The van der Waals surface area contributed by atoms with Crippen molar-refractivity contribution in [3.63, 3.8) is 0 Å². The van der Waals surface area contributed by atoms with E-state index in [0.717, 1.165) is 37.0 Å². The zero-order valence-corrected chi connectivity index (χ0v) is 12.8. The maximum absolute atomic E-state index is 12.5. The second-order valence-corrected chi connectivity index (χ2v) is 7.57. The number of thiophene rings is 1. The molecule has 0 radical (unpaired) electrons. The number of carbonyl (C=O) groups is 2. The van der Waals surface area contributed by atoms with E-state index < -0.39 is 0 Å². The van der Waals surface area contributed by atoms with Crippen molar-refractivity contribution in [1.29, 1.82) is 0 Å². The Bertz CT molecular complexity index is 529. The number of nitrogens with one attached hydrogen (secondary N) is 1. The molecular weight excluding hydrogens is 292 g/mol. The van der Waals surface area contributed by atoms with E-state index in [4.69, 9.17) is 5.73 Å². The third-order valence-electron chi connectivity index (χ3n) is 4.12. The van der Waals surface area contributed by atoms with Crippen LogP contribution >= 0.6 is 23.1 Å². The summed E-state index contributed by atoms with van der Waals surface area (Å²) in [6.07, 6.45) is 3.66. The number of thioether (sulfide) groups is 1. The smallest absolute Gasteiger partial charge is 0.237 e. The molecule has 1 fully saturated rings. The molecule has 108 valence electrons. The average Bonchev–Trinajstić information content (AvgIpc) is 3.05. The van der Waals surface area contributed by atoms with E-state index in [-0.39, 0.29) is 29.0 Å². The van der Waals surface area contributed by atoms with Crippen LogP contribution in [0.5, 0.6) is 0 Å². The van der Waals surface area contributed by atoms with Gasteiger partial charge in [-0.2, -0.15) is 0 Å². The van der Waals surface area contributed by atoms with Crippen molar-refractivity contribution in [3.8, 4) is 0 Å². The Morgan fingerprint density at radius 1 is 1.35 bits per heavy atom. The Balaban J connectivity index is 1.70. The van der Waals surface area contributed by atoms with Crippen molar-refractivity contribution < 1.29 is 9.59 Å². The number of amides is 2. The summed E-state index contributed by atoms with van der Waals surface area (Å²) < 4.78 is 0. The monoisotopic (exact) mass is 310 g/mol. The van der Waals surface area contributed by atoms with Gasteiger partial charge in [-0.05, 0) is 42.0 Å². The summed E-state index contributed by atoms with van der Waals surface area (Å²) in [6, 6.07) is 1.97. The molecule has 6 heteroatoms. The number of carbonyl (C=O) groups excluding carboxylic acids is 2. The van der Waals surface area contributed by atoms with Crippen LogP contribution in [0.3, 0.4) is 0 Å². The molecule has 3 unspecified atom stereocenters. The molecule has 1 aliphatic carbocycles. The van der Waals surface area contributed by atoms with Crippen LogP contribution in [0.2, 0.25) is 0 Å². The van der Waals surface area contributed by atoms with Crippen LogP contribution in [-0.4, -0.2) is 23.6 Å². The molecule has 1 saturated carbocycles. The van der Waals surface area contributed by atoms with Gasteiger partial charge in [-0.25, -0.2) is 0 Å². The highest BCUT2D eigenvalue weighted by atomic mass is 32.2. The minimum absolute atomic E-state index is 0.0347. The summed E-state index contributed by atoms with van der Waals surface area (Å²) in [7, 11) is 0. The topological polar surface area (TPSA) is 72.2 Å². The van der Waals surface area contributed by atoms with Gasteiger partial charge in [-0.1, -0.05) is 6.42 Å². The first kappa shape index (κ1) is 13.9. The molecule has 2 heterocycles. The van der Waals surface area contributed by atoms with E-state index in [1.165, 1.54) is 4.88 Å². The Morgan fingerprint density at radius 3 is 3.00 bits per heavy atom. The Labute approximate surface area is 126 Å². The number of nitrogens with two attached hydrogens (primary N) is 1. The van der Waals surface area contributed by atoms with Gasteiger partial charge in [0.1, 0.15) is 5.25 Å². The maximum Gasteiger partial charge on any atom is 0.237 e. The van der Waals surface area contributed by atoms with E-state index in [1.807, 2.05) is 0 Å². The molecule has 20 heavy (non-hydrogen) atoms. The van der Waals surface area contributed by atoms with E-state index in [0.29, 0.717) is 0 Å². The Hall–Kier alpha value is -1.01. The van der Waals surface area contributed by atoms with E-state index in [2.05, 4.69) is 16.8 Å². The number of hydrogen-bond donors (Lipinski definition) is 2. The fraction of sp³-hybridized carbons (Fsp3) is 0.571. The number of aryl methyl sites for hydroxylation is 1. The zero-order chi connectivity index (χ0) is 14.1. The van der Waals surface area contributed by atoms with Crippen molar-refractivity contribution in [2.45, 2.75) is 37.0 Å². The SMILES string of the molecule is NC(=O)C1CCCC1NC(=O)C1SCCc2sccc21. The van der Waals surface area contributed by atoms with Crippen molar-refractivity contribution >= 4 is 34.9 Å². The summed E-state index contributed by atoms with van der Waals surface area (Å²) in [5, 5.41) is 4.98. The van der Waals surface area contributed by atoms with Gasteiger partial charge in [-0.3, -0.25) is 9.59 Å². The first-order valence-electron chi connectivity index (χ1n) is 6.94.